The van der Waals surface area contributed by atoms with Crippen LogP contribution in [0.1, 0.15) is 71.6 Å². The van der Waals surface area contributed by atoms with E-state index in [1.54, 1.807) is 0 Å². The Morgan fingerprint density at radius 2 is 1.85 bits per heavy atom. The maximum absolute atomic E-state index is 12.3. The van der Waals surface area contributed by atoms with E-state index in [-0.39, 0.29) is 23.2 Å². The number of ketones is 1. The minimum absolute atomic E-state index is 0.0462. The van der Waals surface area contributed by atoms with Gasteiger partial charge in [0.1, 0.15) is 0 Å². The molecule has 2 N–H and O–H groups in total. The number of allylic oxidation sites excluding steroid dienone is 1. The number of rotatable bonds is 3. The number of carboxylic acids is 1. The zero-order valence-corrected chi connectivity index (χ0v) is 16.1. The summed E-state index contributed by atoms with van der Waals surface area (Å²) in [6.07, 6.45) is 9.67. The number of carbonyl (C=O) groups excluding carboxylic acids is 1. The van der Waals surface area contributed by atoms with Crippen molar-refractivity contribution in [1.82, 2.24) is 0 Å². The van der Waals surface area contributed by atoms with Gasteiger partial charge in [0.05, 0.1) is 5.41 Å². The number of aliphatic carboxylic acids is 1. The number of aliphatic hydroxyl groups is 1. The molecule has 0 heterocycles. The first-order chi connectivity index (χ1) is 12.3. The van der Waals surface area contributed by atoms with Gasteiger partial charge in [0.2, 0.25) is 0 Å². The first-order valence-corrected chi connectivity index (χ1v) is 10.4. The summed E-state index contributed by atoms with van der Waals surface area (Å²) in [7, 11) is 0. The highest BCUT2D eigenvalue weighted by Crippen LogP contribution is 2.70. The maximum Gasteiger partial charge on any atom is 0.310 e. The Hall–Kier alpha value is -1.16. The van der Waals surface area contributed by atoms with Gasteiger partial charge in [0, 0.05) is 13.0 Å². The van der Waals surface area contributed by atoms with Crippen LogP contribution < -0.4 is 0 Å². The number of carbonyl (C=O) groups is 2. The topological polar surface area (TPSA) is 74.6 Å². The molecular formula is C22H32O4. The van der Waals surface area contributed by atoms with Gasteiger partial charge in [-0.2, -0.15) is 0 Å². The van der Waals surface area contributed by atoms with Crippen LogP contribution in [0.5, 0.6) is 0 Å². The molecule has 0 spiro atoms. The third kappa shape index (κ3) is 2.17. The molecule has 4 heteroatoms. The highest BCUT2D eigenvalue weighted by Gasteiger charge is 2.66. The van der Waals surface area contributed by atoms with Gasteiger partial charge < -0.3 is 10.2 Å². The Balaban J connectivity index is 1.69. The van der Waals surface area contributed by atoms with Crippen LogP contribution in [0.25, 0.3) is 0 Å². The summed E-state index contributed by atoms with van der Waals surface area (Å²) in [5.74, 6) is 1.14. The molecule has 4 aliphatic carbocycles. The SMILES string of the molecule is C[C@]12CCC(=O)C=C1CC[C@@H]1[C@@H]2CC[C@@]2(C)[C@H]1CC[C@]2(CCO)C(=O)O. The zero-order valence-electron chi connectivity index (χ0n) is 16.1. The third-order valence-electron chi connectivity index (χ3n) is 9.27. The van der Waals surface area contributed by atoms with Crippen molar-refractivity contribution in [2.24, 2.45) is 34.0 Å². The van der Waals surface area contributed by atoms with Crippen molar-refractivity contribution in [1.29, 1.82) is 0 Å². The minimum atomic E-state index is -0.767. The quantitative estimate of drug-likeness (QED) is 0.798. The van der Waals surface area contributed by atoms with E-state index < -0.39 is 11.4 Å². The van der Waals surface area contributed by atoms with E-state index in [0.29, 0.717) is 37.0 Å². The van der Waals surface area contributed by atoms with Gasteiger partial charge in [0.25, 0.3) is 0 Å². The molecule has 0 unspecified atom stereocenters. The molecule has 6 atom stereocenters. The predicted octanol–water partition coefficient (Wildman–Crippen LogP) is 3.97. The van der Waals surface area contributed by atoms with Crippen molar-refractivity contribution in [2.75, 3.05) is 6.61 Å². The molecule has 0 amide bonds. The lowest BCUT2D eigenvalue weighted by Gasteiger charge is -2.59. The standard InChI is InChI=1S/C22H32O4/c1-20-8-5-15(24)13-14(20)3-4-16-17(20)6-9-21(2)18(16)7-10-22(21,11-12-23)19(25)26/h13,16-18,23H,3-12H2,1-2H3,(H,25,26)/t16-,17+,18+,20+,21+,22+/m1/s1. The van der Waals surface area contributed by atoms with Crippen molar-refractivity contribution in [3.8, 4) is 0 Å². The maximum atomic E-state index is 12.3. The molecule has 0 saturated heterocycles. The van der Waals surface area contributed by atoms with E-state index in [4.69, 9.17) is 0 Å². The average molecular weight is 360 g/mol. The van der Waals surface area contributed by atoms with Crippen LogP contribution in [0.3, 0.4) is 0 Å². The second-order valence-corrected chi connectivity index (χ2v) is 9.82. The van der Waals surface area contributed by atoms with E-state index in [2.05, 4.69) is 13.8 Å². The van der Waals surface area contributed by atoms with E-state index in [0.717, 1.165) is 38.5 Å². The van der Waals surface area contributed by atoms with Crippen molar-refractivity contribution in [2.45, 2.75) is 71.6 Å². The van der Waals surface area contributed by atoms with Gasteiger partial charge in [-0.1, -0.05) is 19.4 Å². The number of aliphatic hydroxyl groups excluding tert-OH is 1. The van der Waals surface area contributed by atoms with Gasteiger partial charge in [-0.05, 0) is 86.0 Å². The van der Waals surface area contributed by atoms with Crippen LogP contribution in [-0.2, 0) is 9.59 Å². The fourth-order valence-corrected chi connectivity index (χ4v) is 7.75. The largest absolute Gasteiger partial charge is 0.481 e. The molecule has 0 aromatic heterocycles. The first kappa shape index (κ1) is 18.2. The molecule has 3 saturated carbocycles. The number of fused-ring (bicyclic) bond motifs is 5. The highest BCUT2D eigenvalue weighted by molar-refractivity contribution is 5.91. The van der Waals surface area contributed by atoms with Crippen LogP contribution in [-0.4, -0.2) is 28.6 Å². The summed E-state index contributed by atoms with van der Waals surface area (Å²) in [6, 6.07) is 0. The molecule has 4 nitrogen and oxygen atoms in total. The summed E-state index contributed by atoms with van der Waals surface area (Å²) in [4.78, 5) is 24.2. The second kappa shape index (κ2) is 5.92. The fourth-order valence-electron chi connectivity index (χ4n) is 7.75. The lowest BCUT2D eigenvalue weighted by Crippen LogP contribution is -2.54. The Morgan fingerprint density at radius 1 is 1.12 bits per heavy atom. The van der Waals surface area contributed by atoms with Gasteiger partial charge in [-0.25, -0.2) is 0 Å². The normalized spacial score (nSPS) is 47.6. The van der Waals surface area contributed by atoms with E-state index >= 15 is 0 Å². The lowest BCUT2D eigenvalue weighted by atomic mass is 9.45. The molecular weight excluding hydrogens is 328 g/mol. The smallest absolute Gasteiger partial charge is 0.310 e. The molecule has 4 rings (SSSR count). The molecule has 144 valence electrons. The molecule has 26 heavy (non-hydrogen) atoms. The van der Waals surface area contributed by atoms with Gasteiger partial charge >= 0.3 is 5.97 Å². The van der Waals surface area contributed by atoms with Gasteiger partial charge in [-0.15, -0.1) is 0 Å². The van der Waals surface area contributed by atoms with Crippen molar-refractivity contribution >= 4 is 11.8 Å². The van der Waals surface area contributed by atoms with Crippen LogP contribution in [0, 0.1) is 34.0 Å². The van der Waals surface area contributed by atoms with Gasteiger partial charge in [-0.3, -0.25) is 9.59 Å². The van der Waals surface area contributed by atoms with Crippen LogP contribution >= 0.6 is 0 Å². The van der Waals surface area contributed by atoms with E-state index in [9.17, 15) is 19.8 Å². The Bertz CT molecular complexity index is 667. The highest BCUT2D eigenvalue weighted by atomic mass is 16.4. The Labute approximate surface area is 156 Å². The molecule has 3 fully saturated rings. The summed E-state index contributed by atoms with van der Waals surface area (Å²) in [5, 5.41) is 19.7. The Kier molecular flexibility index (Phi) is 4.15. The van der Waals surface area contributed by atoms with Crippen LogP contribution in [0.15, 0.2) is 11.6 Å². The Morgan fingerprint density at radius 3 is 2.54 bits per heavy atom. The van der Waals surface area contributed by atoms with Crippen molar-refractivity contribution < 1.29 is 19.8 Å². The molecule has 0 aromatic carbocycles. The minimum Gasteiger partial charge on any atom is -0.481 e. The summed E-state index contributed by atoms with van der Waals surface area (Å²) in [5.41, 5.74) is 0.502. The molecule has 0 aliphatic heterocycles. The number of hydrogen-bond acceptors (Lipinski definition) is 3. The van der Waals surface area contributed by atoms with Crippen molar-refractivity contribution in [3.05, 3.63) is 11.6 Å². The van der Waals surface area contributed by atoms with E-state index in [1.165, 1.54) is 5.57 Å². The predicted molar refractivity (Wildman–Crippen MR) is 98.5 cm³/mol. The van der Waals surface area contributed by atoms with Crippen LogP contribution in [0.4, 0.5) is 0 Å². The van der Waals surface area contributed by atoms with Gasteiger partial charge in [0.15, 0.2) is 5.78 Å². The fraction of sp³-hybridized carbons (Fsp3) is 0.818. The lowest BCUT2D eigenvalue weighted by molar-refractivity contribution is -0.165. The third-order valence-corrected chi connectivity index (χ3v) is 9.27. The molecule has 4 aliphatic rings. The van der Waals surface area contributed by atoms with Crippen LogP contribution in [0.2, 0.25) is 0 Å². The number of carboxylic acid groups (broad SMARTS) is 1. The molecule has 0 aromatic rings. The van der Waals surface area contributed by atoms with Crippen molar-refractivity contribution in [3.63, 3.8) is 0 Å². The summed E-state index contributed by atoms with van der Waals surface area (Å²) in [6.45, 7) is 4.51. The summed E-state index contributed by atoms with van der Waals surface area (Å²) >= 11 is 0. The second-order valence-electron chi connectivity index (χ2n) is 9.82. The molecule has 0 bridgehead atoms. The average Bonchev–Trinajstić information content (AvgIpc) is 2.90. The monoisotopic (exact) mass is 360 g/mol. The van der Waals surface area contributed by atoms with E-state index in [1.807, 2.05) is 6.08 Å². The summed E-state index contributed by atoms with van der Waals surface area (Å²) < 4.78 is 0. The first-order valence-electron chi connectivity index (χ1n) is 10.4. The zero-order chi connectivity index (χ0) is 18.7. The molecule has 0 radical (unpaired) electrons. The number of hydrogen-bond donors (Lipinski definition) is 2.